The van der Waals surface area contributed by atoms with Gasteiger partial charge in [0.05, 0.1) is 0 Å². The van der Waals surface area contributed by atoms with Gasteiger partial charge in [0.25, 0.3) is 0 Å². The first kappa shape index (κ1) is 16.1. The van der Waals surface area contributed by atoms with Gasteiger partial charge >= 0.3 is 0 Å². The molecule has 0 aromatic heterocycles. The Morgan fingerprint density at radius 2 is 0.722 bits per heavy atom. The fraction of sp³-hybridized carbons (Fsp3) is 1.00. The summed E-state index contributed by atoms with van der Waals surface area (Å²) in [4.78, 5) is 0. The summed E-state index contributed by atoms with van der Waals surface area (Å²) in [5.74, 6) is 0. The van der Waals surface area contributed by atoms with E-state index in [1.165, 1.54) is 38.5 Å². The van der Waals surface area contributed by atoms with Crippen molar-refractivity contribution >= 4 is 0 Å². The predicted octanol–water partition coefficient (Wildman–Crippen LogP) is 6.45. The Morgan fingerprint density at radius 1 is 0.444 bits per heavy atom. The van der Waals surface area contributed by atoms with E-state index in [0.29, 0.717) is 21.7 Å². The van der Waals surface area contributed by atoms with E-state index in [0.717, 1.165) is 0 Å². The Morgan fingerprint density at radius 3 is 1.00 bits per heavy atom. The number of rotatable bonds is 0. The smallest absolute Gasteiger partial charge is 0.0247 e. The Bertz CT molecular complexity index is 248. The Kier molecular flexibility index (Phi) is 4.31. The lowest BCUT2D eigenvalue weighted by Crippen LogP contribution is -2.52. The molecular formula is C18H36. The van der Waals surface area contributed by atoms with Crippen LogP contribution in [0.15, 0.2) is 0 Å². The van der Waals surface area contributed by atoms with Crippen molar-refractivity contribution in [2.45, 2.75) is 93.9 Å². The number of hydrogen-bond donors (Lipinski definition) is 0. The first-order chi connectivity index (χ1) is 7.96. The second-order valence-electron chi connectivity index (χ2n) is 8.93. The van der Waals surface area contributed by atoms with E-state index in [9.17, 15) is 0 Å². The van der Waals surface area contributed by atoms with Gasteiger partial charge in [0.15, 0.2) is 0 Å². The maximum Gasteiger partial charge on any atom is -0.0247 e. The van der Waals surface area contributed by atoms with Crippen molar-refractivity contribution in [3.8, 4) is 0 Å². The lowest BCUT2D eigenvalue weighted by Gasteiger charge is -2.59. The zero-order valence-corrected chi connectivity index (χ0v) is 14.2. The minimum absolute atomic E-state index is 0.362. The molecule has 0 saturated heterocycles. The summed E-state index contributed by atoms with van der Waals surface area (Å²) in [5.41, 5.74) is 1.57. The highest BCUT2D eigenvalue weighted by Gasteiger charge is 2.53. The molecule has 18 heavy (non-hydrogen) atoms. The van der Waals surface area contributed by atoms with Crippen molar-refractivity contribution in [1.29, 1.82) is 0 Å². The third kappa shape index (κ3) is 2.49. The minimum Gasteiger partial charge on any atom is -0.0594 e. The van der Waals surface area contributed by atoms with Crippen LogP contribution in [0.3, 0.4) is 0 Å². The second kappa shape index (κ2) is 4.84. The zero-order valence-electron chi connectivity index (χ0n) is 14.2. The van der Waals surface area contributed by atoms with E-state index in [1.807, 2.05) is 0 Å². The fourth-order valence-electron chi connectivity index (χ4n) is 3.80. The maximum atomic E-state index is 2.51. The van der Waals surface area contributed by atoms with Gasteiger partial charge in [-0.3, -0.25) is 0 Å². The summed E-state index contributed by atoms with van der Waals surface area (Å²) in [7, 11) is 0. The van der Waals surface area contributed by atoms with Crippen LogP contribution in [0, 0.1) is 21.7 Å². The molecule has 1 rings (SSSR count). The van der Waals surface area contributed by atoms with Crippen LogP contribution in [0.25, 0.3) is 0 Å². The highest BCUT2D eigenvalue weighted by atomic mass is 14.6. The molecule has 0 atom stereocenters. The summed E-state index contributed by atoms with van der Waals surface area (Å²) in [6.45, 7) is 20.0. The molecule has 0 nitrogen and oxygen atoms in total. The quantitative estimate of drug-likeness (QED) is 0.465. The molecule has 1 saturated carbocycles. The standard InChI is InChI=1S/C18H36/c1-15(2)13-11-9-10-12-14-16(3,4)18(7,8)17(15,5)6/h9-14H2,1-8H3. The number of hydrogen-bond acceptors (Lipinski definition) is 0. The van der Waals surface area contributed by atoms with E-state index in [2.05, 4.69) is 55.4 Å². The first-order valence-corrected chi connectivity index (χ1v) is 7.96. The average molecular weight is 252 g/mol. The summed E-state index contributed by atoms with van der Waals surface area (Å²) >= 11 is 0. The molecule has 0 heteroatoms. The molecule has 0 bridgehead atoms. The molecule has 0 aromatic rings. The Labute approximate surface area is 116 Å². The normalized spacial score (nSPS) is 30.7. The molecule has 1 aliphatic carbocycles. The van der Waals surface area contributed by atoms with Gasteiger partial charge in [-0.25, -0.2) is 0 Å². The van der Waals surface area contributed by atoms with Crippen LogP contribution in [0.5, 0.6) is 0 Å². The molecule has 108 valence electrons. The Hall–Kier alpha value is 0. The summed E-state index contributed by atoms with van der Waals surface area (Å²) < 4.78 is 0. The van der Waals surface area contributed by atoms with Gasteiger partial charge in [-0.2, -0.15) is 0 Å². The SMILES string of the molecule is CC1(C)CCCCCCC(C)(C)C(C)(C)C1(C)C. The van der Waals surface area contributed by atoms with Gasteiger partial charge in [-0.05, 0) is 34.5 Å². The van der Waals surface area contributed by atoms with Crippen LogP contribution in [0.2, 0.25) is 0 Å². The average Bonchev–Trinajstić information content (AvgIpc) is 2.21. The van der Waals surface area contributed by atoms with Gasteiger partial charge in [-0.1, -0.05) is 81.1 Å². The van der Waals surface area contributed by atoms with E-state index in [1.54, 1.807) is 0 Å². The highest BCUT2D eigenvalue weighted by molar-refractivity contribution is 5.02. The van der Waals surface area contributed by atoms with Crippen LogP contribution >= 0.6 is 0 Å². The van der Waals surface area contributed by atoms with Crippen LogP contribution in [-0.2, 0) is 0 Å². The van der Waals surface area contributed by atoms with Crippen molar-refractivity contribution in [2.24, 2.45) is 21.7 Å². The largest absolute Gasteiger partial charge is 0.0594 e. The summed E-state index contributed by atoms with van der Waals surface area (Å²) in [6, 6.07) is 0. The van der Waals surface area contributed by atoms with E-state index in [-0.39, 0.29) is 0 Å². The van der Waals surface area contributed by atoms with Gasteiger partial charge in [0, 0.05) is 0 Å². The van der Waals surface area contributed by atoms with Gasteiger partial charge < -0.3 is 0 Å². The molecule has 1 aliphatic rings. The Balaban J connectivity index is 3.18. The lowest BCUT2D eigenvalue weighted by molar-refractivity contribution is -0.104. The van der Waals surface area contributed by atoms with Crippen LogP contribution in [-0.4, -0.2) is 0 Å². The first-order valence-electron chi connectivity index (χ1n) is 7.96. The summed E-state index contributed by atoms with van der Waals surface area (Å²) in [6.07, 6.45) is 8.42. The van der Waals surface area contributed by atoms with Crippen molar-refractivity contribution in [3.63, 3.8) is 0 Å². The molecule has 0 amide bonds. The van der Waals surface area contributed by atoms with Crippen molar-refractivity contribution < 1.29 is 0 Å². The minimum atomic E-state index is 0.362. The third-order valence-corrected chi connectivity index (χ3v) is 7.30. The van der Waals surface area contributed by atoms with E-state index in [4.69, 9.17) is 0 Å². The molecule has 0 radical (unpaired) electrons. The van der Waals surface area contributed by atoms with Gasteiger partial charge in [-0.15, -0.1) is 0 Å². The molecule has 0 unspecified atom stereocenters. The molecular weight excluding hydrogens is 216 g/mol. The molecule has 1 fully saturated rings. The van der Waals surface area contributed by atoms with Crippen LogP contribution < -0.4 is 0 Å². The molecule has 0 heterocycles. The molecule has 0 spiro atoms. The fourth-order valence-corrected chi connectivity index (χ4v) is 3.80. The highest BCUT2D eigenvalue weighted by Crippen LogP contribution is 2.61. The molecule has 0 N–H and O–H groups in total. The van der Waals surface area contributed by atoms with Crippen molar-refractivity contribution in [3.05, 3.63) is 0 Å². The zero-order chi connectivity index (χ0) is 14.2. The van der Waals surface area contributed by atoms with Gasteiger partial charge in [0.2, 0.25) is 0 Å². The topological polar surface area (TPSA) is 0 Å². The maximum absolute atomic E-state index is 2.51. The van der Waals surface area contributed by atoms with Crippen molar-refractivity contribution in [2.75, 3.05) is 0 Å². The van der Waals surface area contributed by atoms with E-state index >= 15 is 0 Å². The molecule has 0 aliphatic heterocycles. The third-order valence-electron chi connectivity index (χ3n) is 7.30. The monoisotopic (exact) mass is 252 g/mol. The van der Waals surface area contributed by atoms with Crippen LogP contribution in [0.1, 0.15) is 93.9 Å². The van der Waals surface area contributed by atoms with E-state index < -0.39 is 0 Å². The second-order valence-corrected chi connectivity index (χ2v) is 8.93. The summed E-state index contributed by atoms with van der Waals surface area (Å²) in [5, 5.41) is 0. The van der Waals surface area contributed by atoms with Crippen LogP contribution in [0.4, 0.5) is 0 Å². The van der Waals surface area contributed by atoms with Gasteiger partial charge in [0.1, 0.15) is 0 Å². The predicted molar refractivity (Wildman–Crippen MR) is 82.8 cm³/mol. The lowest BCUT2D eigenvalue weighted by atomic mass is 9.45. The molecule has 0 aromatic carbocycles. The van der Waals surface area contributed by atoms with Crippen molar-refractivity contribution in [1.82, 2.24) is 0 Å².